The van der Waals surface area contributed by atoms with Crippen LogP contribution in [0.4, 0.5) is 0 Å². The second kappa shape index (κ2) is 3.80. The lowest BCUT2D eigenvalue weighted by Crippen LogP contribution is -2.43. The first kappa shape index (κ1) is 11.0. The summed E-state index contributed by atoms with van der Waals surface area (Å²) in [6, 6.07) is 4.19. The van der Waals surface area contributed by atoms with E-state index in [1.54, 1.807) is 7.11 Å². The van der Waals surface area contributed by atoms with Crippen molar-refractivity contribution in [1.82, 2.24) is 0 Å². The van der Waals surface area contributed by atoms with E-state index in [9.17, 15) is 0 Å². The SMILES string of the molecule is COc1c(C2(N)CCC2)ccc(C)c1Br. The molecule has 0 bridgehead atoms. The van der Waals surface area contributed by atoms with Gasteiger partial charge in [-0.05, 0) is 47.7 Å². The Kier molecular flexibility index (Phi) is 2.77. The first-order chi connectivity index (χ1) is 7.08. The normalized spacial score (nSPS) is 18.4. The third-order valence-corrected chi connectivity index (χ3v) is 4.26. The van der Waals surface area contributed by atoms with Crippen LogP contribution in [0.25, 0.3) is 0 Å². The second-order valence-corrected chi connectivity index (χ2v) is 5.08. The summed E-state index contributed by atoms with van der Waals surface area (Å²) in [4.78, 5) is 0. The molecule has 0 amide bonds. The molecular formula is C12H16BrNO. The molecule has 2 nitrogen and oxygen atoms in total. The summed E-state index contributed by atoms with van der Waals surface area (Å²) in [5.41, 5.74) is 8.47. The number of benzene rings is 1. The monoisotopic (exact) mass is 269 g/mol. The molecule has 0 radical (unpaired) electrons. The maximum atomic E-state index is 6.32. The zero-order valence-corrected chi connectivity index (χ0v) is 10.7. The van der Waals surface area contributed by atoms with Gasteiger partial charge in [-0.1, -0.05) is 12.1 Å². The average molecular weight is 270 g/mol. The van der Waals surface area contributed by atoms with E-state index in [2.05, 4.69) is 35.0 Å². The van der Waals surface area contributed by atoms with Gasteiger partial charge < -0.3 is 10.5 Å². The van der Waals surface area contributed by atoms with Crippen LogP contribution < -0.4 is 10.5 Å². The first-order valence-electron chi connectivity index (χ1n) is 5.21. The molecule has 0 heterocycles. The highest BCUT2D eigenvalue weighted by molar-refractivity contribution is 9.10. The molecule has 1 aromatic rings. The first-order valence-corrected chi connectivity index (χ1v) is 6.00. The van der Waals surface area contributed by atoms with Crippen molar-refractivity contribution < 1.29 is 4.74 Å². The molecular weight excluding hydrogens is 254 g/mol. The molecule has 82 valence electrons. The molecule has 15 heavy (non-hydrogen) atoms. The molecule has 0 unspecified atom stereocenters. The number of hydrogen-bond donors (Lipinski definition) is 1. The van der Waals surface area contributed by atoms with Gasteiger partial charge in [-0.3, -0.25) is 0 Å². The third kappa shape index (κ3) is 1.68. The summed E-state index contributed by atoms with van der Waals surface area (Å²) < 4.78 is 6.48. The molecule has 1 aliphatic carbocycles. The zero-order valence-electron chi connectivity index (χ0n) is 9.14. The Hall–Kier alpha value is -0.540. The molecule has 1 saturated carbocycles. The summed E-state index contributed by atoms with van der Waals surface area (Å²) in [6.45, 7) is 2.06. The molecule has 0 aliphatic heterocycles. The van der Waals surface area contributed by atoms with Crippen molar-refractivity contribution in [3.63, 3.8) is 0 Å². The van der Waals surface area contributed by atoms with Gasteiger partial charge in [0.15, 0.2) is 0 Å². The van der Waals surface area contributed by atoms with E-state index < -0.39 is 0 Å². The Bertz CT molecular complexity index is 385. The Morgan fingerprint density at radius 2 is 2.07 bits per heavy atom. The molecule has 1 aromatic carbocycles. The topological polar surface area (TPSA) is 35.2 Å². The van der Waals surface area contributed by atoms with Crippen LogP contribution >= 0.6 is 15.9 Å². The number of halogens is 1. The largest absolute Gasteiger partial charge is 0.495 e. The van der Waals surface area contributed by atoms with Crippen LogP contribution in [0.3, 0.4) is 0 Å². The zero-order chi connectivity index (χ0) is 11.1. The number of hydrogen-bond acceptors (Lipinski definition) is 2. The van der Waals surface area contributed by atoms with Gasteiger partial charge in [-0.2, -0.15) is 0 Å². The average Bonchev–Trinajstić information content (AvgIpc) is 2.18. The number of aryl methyl sites for hydroxylation is 1. The Labute approximate surface area is 98.9 Å². The van der Waals surface area contributed by atoms with E-state index in [1.165, 1.54) is 12.0 Å². The number of rotatable bonds is 2. The van der Waals surface area contributed by atoms with Crippen LogP contribution in [-0.2, 0) is 5.54 Å². The van der Waals surface area contributed by atoms with Gasteiger partial charge in [0.2, 0.25) is 0 Å². The van der Waals surface area contributed by atoms with Gasteiger partial charge in [-0.25, -0.2) is 0 Å². The Balaban J connectivity index is 2.52. The van der Waals surface area contributed by atoms with Crippen molar-refractivity contribution in [2.45, 2.75) is 31.7 Å². The Morgan fingerprint density at radius 3 is 2.53 bits per heavy atom. The Morgan fingerprint density at radius 1 is 1.40 bits per heavy atom. The molecule has 1 aliphatic rings. The summed E-state index contributed by atoms with van der Waals surface area (Å²) in [6.07, 6.45) is 3.32. The van der Waals surface area contributed by atoms with E-state index in [-0.39, 0.29) is 5.54 Å². The summed E-state index contributed by atoms with van der Waals surface area (Å²) in [5.74, 6) is 0.900. The molecule has 0 saturated heterocycles. The van der Waals surface area contributed by atoms with Crippen molar-refractivity contribution in [2.24, 2.45) is 5.73 Å². The smallest absolute Gasteiger partial charge is 0.138 e. The summed E-state index contributed by atoms with van der Waals surface area (Å²) >= 11 is 3.56. The van der Waals surface area contributed by atoms with E-state index in [0.717, 1.165) is 28.6 Å². The van der Waals surface area contributed by atoms with E-state index >= 15 is 0 Å². The van der Waals surface area contributed by atoms with Crippen molar-refractivity contribution >= 4 is 15.9 Å². The maximum Gasteiger partial charge on any atom is 0.138 e. The highest BCUT2D eigenvalue weighted by Crippen LogP contribution is 2.45. The van der Waals surface area contributed by atoms with Gasteiger partial charge in [-0.15, -0.1) is 0 Å². The molecule has 0 spiro atoms. The van der Waals surface area contributed by atoms with Crippen LogP contribution in [0.15, 0.2) is 16.6 Å². The predicted molar refractivity (Wildman–Crippen MR) is 65.1 cm³/mol. The molecule has 0 atom stereocenters. The minimum Gasteiger partial charge on any atom is -0.495 e. The van der Waals surface area contributed by atoms with Gasteiger partial charge in [0.05, 0.1) is 11.6 Å². The standard InChI is InChI=1S/C12H16BrNO/c1-8-4-5-9(11(15-2)10(8)13)12(14)6-3-7-12/h4-5H,3,6-7,14H2,1-2H3. The molecule has 2 rings (SSSR count). The molecule has 0 aromatic heterocycles. The van der Waals surface area contributed by atoms with Gasteiger partial charge in [0.25, 0.3) is 0 Å². The second-order valence-electron chi connectivity index (χ2n) is 4.29. The van der Waals surface area contributed by atoms with E-state index in [0.29, 0.717) is 0 Å². The van der Waals surface area contributed by atoms with Gasteiger partial charge in [0.1, 0.15) is 5.75 Å². The van der Waals surface area contributed by atoms with Crippen LogP contribution in [0.5, 0.6) is 5.75 Å². The highest BCUT2D eigenvalue weighted by atomic mass is 79.9. The predicted octanol–water partition coefficient (Wildman–Crippen LogP) is 3.10. The van der Waals surface area contributed by atoms with Gasteiger partial charge in [0, 0.05) is 11.1 Å². The van der Waals surface area contributed by atoms with Crippen LogP contribution in [0.2, 0.25) is 0 Å². The van der Waals surface area contributed by atoms with Crippen molar-refractivity contribution in [2.75, 3.05) is 7.11 Å². The summed E-state index contributed by atoms with van der Waals surface area (Å²) in [7, 11) is 1.70. The highest BCUT2D eigenvalue weighted by Gasteiger charge is 2.37. The fraction of sp³-hybridized carbons (Fsp3) is 0.500. The van der Waals surface area contributed by atoms with Gasteiger partial charge >= 0.3 is 0 Å². The third-order valence-electron chi connectivity index (χ3n) is 3.28. The fourth-order valence-electron chi connectivity index (χ4n) is 2.07. The van der Waals surface area contributed by atoms with Crippen LogP contribution in [0.1, 0.15) is 30.4 Å². The fourth-order valence-corrected chi connectivity index (χ4v) is 2.58. The van der Waals surface area contributed by atoms with Crippen molar-refractivity contribution in [1.29, 1.82) is 0 Å². The lowest BCUT2D eigenvalue weighted by Gasteiger charge is -2.39. The molecule has 3 heteroatoms. The maximum absolute atomic E-state index is 6.32. The van der Waals surface area contributed by atoms with Crippen molar-refractivity contribution in [3.05, 3.63) is 27.7 Å². The molecule has 1 fully saturated rings. The lowest BCUT2D eigenvalue weighted by atomic mass is 9.72. The number of nitrogens with two attached hydrogens (primary N) is 1. The summed E-state index contributed by atoms with van der Waals surface area (Å²) in [5, 5.41) is 0. The van der Waals surface area contributed by atoms with E-state index in [1.807, 2.05) is 0 Å². The van der Waals surface area contributed by atoms with Crippen molar-refractivity contribution in [3.8, 4) is 5.75 Å². The molecule has 2 N–H and O–H groups in total. The number of ether oxygens (including phenoxy) is 1. The quantitative estimate of drug-likeness (QED) is 0.896. The minimum atomic E-state index is -0.165. The lowest BCUT2D eigenvalue weighted by molar-refractivity contribution is 0.243. The van der Waals surface area contributed by atoms with E-state index in [4.69, 9.17) is 10.5 Å². The minimum absolute atomic E-state index is 0.165. The van der Waals surface area contributed by atoms with Crippen LogP contribution in [-0.4, -0.2) is 7.11 Å². The number of methoxy groups -OCH3 is 1. The van der Waals surface area contributed by atoms with Crippen LogP contribution in [0, 0.1) is 6.92 Å².